The molecule has 172 valence electrons. The third kappa shape index (κ3) is 3.77. The predicted octanol–water partition coefficient (Wildman–Crippen LogP) is 5.94. The molecule has 3 aromatic carbocycles. The van der Waals surface area contributed by atoms with E-state index in [1.807, 2.05) is 41.3 Å². The SMILES string of the molecule is COc1ccc(NC(=O)N2Cc3ccccc3-n3cccc3[C@@H]2c2ccccc2C)cc1OC. The number of methoxy groups -OCH3 is 2. The fraction of sp³-hybridized carbons (Fsp3) is 0.179. The molecule has 0 spiro atoms. The molecule has 5 rings (SSSR count). The van der Waals surface area contributed by atoms with Crippen LogP contribution in [0, 0.1) is 6.92 Å². The van der Waals surface area contributed by atoms with Crippen molar-refractivity contribution in [2.24, 2.45) is 0 Å². The second kappa shape index (κ2) is 8.98. The smallest absolute Gasteiger partial charge is 0.322 e. The fourth-order valence-electron chi connectivity index (χ4n) is 4.67. The number of hydrogen-bond donors (Lipinski definition) is 1. The number of nitrogens with one attached hydrogen (secondary N) is 1. The van der Waals surface area contributed by atoms with Crippen molar-refractivity contribution in [1.82, 2.24) is 9.47 Å². The second-order valence-electron chi connectivity index (χ2n) is 8.32. The van der Waals surface area contributed by atoms with Crippen LogP contribution in [0.1, 0.15) is 28.4 Å². The second-order valence-corrected chi connectivity index (χ2v) is 8.32. The van der Waals surface area contributed by atoms with E-state index >= 15 is 0 Å². The van der Waals surface area contributed by atoms with Crippen LogP contribution in [0.15, 0.2) is 85.1 Å². The first-order valence-electron chi connectivity index (χ1n) is 11.2. The number of carbonyl (C=O) groups is 1. The number of para-hydroxylation sites is 1. The number of benzene rings is 3. The average Bonchev–Trinajstić information content (AvgIpc) is 3.29. The highest BCUT2D eigenvalue weighted by molar-refractivity contribution is 5.90. The maximum absolute atomic E-state index is 13.8. The number of ether oxygens (including phenoxy) is 2. The van der Waals surface area contributed by atoms with Crippen molar-refractivity contribution in [3.05, 3.63) is 107 Å². The summed E-state index contributed by atoms with van der Waals surface area (Å²) in [5.74, 6) is 1.17. The van der Waals surface area contributed by atoms with Gasteiger partial charge < -0.3 is 24.3 Å². The molecule has 6 nitrogen and oxygen atoms in total. The van der Waals surface area contributed by atoms with E-state index in [1.54, 1.807) is 26.4 Å². The number of urea groups is 1. The summed E-state index contributed by atoms with van der Waals surface area (Å²) in [6.07, 6.45) is 2.06. The highest BCUT2D eigenvalue weighted by atomic mass is 16.5. The quantitative estimate of drug-likeness (QED) is 0.416. The summed E-state index contributed by atoms with van der Waals surface area (Å²) in [7, 11) is 3.17. The molecule has 0 bridgehead atoms. The van der Waals surface area contributed by atoms with Crippen molar-refractivity contribution in [2.45, 2.75) is 19.5 Å². The minimum absolute atomic E-state index is 0.190. The molecule has 34 heavy (non-hydrogen) atoms. The Hall–Kier alpha value is -4.19. The number of nitrogens with zero attached hydrogens (tertiary/aromatic N) is 2. The molecule has 0 saturated carbocycles. The lowest BCUT2D eigenvalue weighted by molar-refractivity contribution is 0.194. The van der Waals surface area contributed by atoms with Crippen molar-refractivity contribution in [1.29, 1.82) is 0 Å². The first kappa shape index (κ1) is 21.6. The Morgan fingerprint density at radius 3 is 2.47 bits per heavy atom. The molecule has 0 unspecified atom stereocenters. The summed E-state index contributed by atoms with van der Waals surface area (Å²) in [5, 5.41) is 3.08. The Kier molecular flexibility index (Phi) is 5.72. The van der Waals surface area contributed by atoms with Gasteiger partial charge in [-0.2, -0.15) is 0 Å². The molecule has 0 fully saturated rings. The summed E-state index contributed by atoms with van der Waals surface area (Å²) >= 11 is 0. The van der Waals surface area contributed by atoms with E-state index in [2.05, 4.69) is 53.3 Å². The van der Waals surface area contributed by atoms with Crippen LogP contribution in [-0.2, 0) is 6.54 Å². The highest BCUT2D eigenvalue weighted by Gasteiger charge is 2.33. The lowest BCUT2D eigenvalue weighted by Gasteiger charge is -2.32. The van der Waals surface area contributed by atoms with Crippen molar-refractivity contribution in [3.8, 4) is 17.2 Å². The molecule has 0 radical (unpaired) electrons. The molecule has 2 heterocycles. The van der Waals surface area contributed by atoms with Crippen LogP contribution in [0.25, 0.3) is 5.69 Å². The van der Waals surface area contributed by atoms with Crippen molar-refractivity contribution < 1.29 is 14.3 Å². The first-order chi connectivity index (χ1) is 16.6. The topological polar surface area (TPSA) is 55.7 Å². The largest absolute Gasteiger partial charge is 0.493 e. The van der Waals surface area contributed by atoms with Crippen LogP contribution in [0.2, 0.25) is 0 Å². The van der Waals surface area contributed by atoms with Gasteiger partial charge in [0, 0.05) is 23.6 Å². The van der Waals surface area contributed by atoms with Crippen LogP contribution in [0.4, 0.5) is 10.5 Å². The number of fused-ring (bicyclic) bond motifs is 3. The number of amides is 2. The molecule has 0 saturated heterocycles. The predicted molar refractivity (Wildman–Crippen MR) is 133 cm³/mol. The van der Waals surface area contributed by atoms with E-state index in [0.717, 1.165) is 28.1 Å². The fourth-order valence-corrected chi connectivity index (χ4v) is 4.67. The molecule has 1 aliphatic rings. The van der Waals surface area contributed by atoms with E-state index in [1.165, 1.54) is 0 Å². The number of rotatable bonds is 4. The molecular formula is C28H27N3O3. The molecule has 6 heteroatoms. The van der Waals surface area contributed by atoms with Gasteiger partial charge in [-0.25, -0.2) is 4.79 Å². The normalized spacial score (nSPS) is 14.6. The van der Waals surface area contributed by atoms with Crippen LogP contribution in [-0.4, -0.2) is 29.7 Å². The molecule has 1 aliphatic heterocycles. The molecular weight excluding hydrogens is 426 g/mol. The van der Waals surface area contributed by atoms with Gasteiger partial charge in [-0.05, 0) is 53.9 Å². The molecule has 1 N–H and O–H groups in total. The van der Waals surface area contributed by atoms with E-state index in [0.29, 0.717) is 23.7 Å². The van der Waals surface area contributed by atoms with Gasteiger partial charge in [0.2, 0.25) is 0 Å². The van der Waals surface area contributed by atoms with E-state index in [4.69, 9.17) is 9.47 Å². The van der Waals surface area contributed by atoms with E-state index in [9.17, 15) is 4.79 Å². The summed E-state index contributed by atoms with van der Waals surface area (Å²) in [4.78, 5) is 15.7. The average molecular weight is 454 g/mol. The van der Waals surface area contributed by atoms with Gasteiger partial charge >= 0.3 is 6.03 Å². The van der Waals surface area contributed by atoms with Gasteiger partial charge in [0.15, 0.2) is 11.5 Å². The Morgan fingerprint density at radius 2 is 1.68 bits per heavy atom. The van der Waals surface area contributed by atoms with Gasteiger partial charge in [-0.1, -0.05) is 42.5 Å². The van der Waals surface area contributed by atoms with Gasteiger partial charge in [0.1, 0.15) is 6.04 Å². The summed E-state index contributed by atoms with van der Waals surface area (Å²) in [5.41, 5.74) is 6.08. The van der Waals surface area contributed by atoms with Gasteiger partial charge in [0.25, 0.3) is 0 Å². The van der Waals surface area contributed by atoms with E-state index < -0.39 is 0 Å². The number of carbonyl (C=O) groups excluding carboxylic acids is 1. The lowest BCUT2D eigenvalue weighted by atomic mass is 9.97. The minimum atomic E-state index is -0.260. The zero-order valence-corrected chi connectivity index (χ0v) is 19.5. The molecule has 1 aromatic heterocycles. The zero-order valence-electron chi connectivity index (χ0n) is 19.5. The lowest BCUT2D eigenvalue weighted by Crippen LogP contribution is -2.38. The zero-order chi connectivity index (χ0) is 23.7. The van der Waals surface area contributed by atoms with Crippen molar-refractivity contribution in [3.63, 3.8) is 0 Å². The minimum Gasteiger partial charge on any atom is -0.493 e. The van der Waals surface area contributed by atoms with E-state index in [-0.39, 0.29) is 12.1 Å². The summed E-state index contributed by atoms with van der Waals surface area (Å²) in [6, 6.07) is 25.5. The Labute approximate surface area is 199 Å². The van der Waals surface area contributed by atoms with Gasteiger partial charge in [0.05, 0.1) is 26.5 Å². The Morgan fingerprint density at radius 1 is 0.912 bits per heavy atom. The van der Waals surface area contributed by atoms with Crippen LogP contribution in [0.5, 0.6) is 11.5 Å². The van der Waals surface area contributed by atoms with Gasteiger partial charge in [-0.3, -0.25) is 0 Å². The first-order valence-corrected chi connectivity index (χ1v) is 11.2. The molecule has 4 aromatic rings. The summed E-state index contributed by atoms with van der Waals surface area (Å²) < 4.78 is 12.9. The highest BCUT2D eigenvalue weighted by Crippen LogP contribution is 2.38. The van der Waals surface area contributed by atoms with Crippen LogP contribution < -0.4 is 14.8 Å². The monoisotopic (exact) mass is 453 g/mol. The molecule has 1 atom stereocenters. The summed E-state index contributed by atoms with van der Waals surface area (Å²) in [6.45, 7) is 2.56. The third-order valence-electron chi connectivity index (χ3n) is 6.34. The maximum Gasteiger partial charge on any atom is 0.322 e. The number of aromatic nitrogens is 1. The van der Waals surface area contributed by atoms with Crippen molar-refractivity contribution in [2.75, 3.05) is 19.5 Å². The van der Waals surface area contributed by atoms with Crippen molar-refractivity contribution >= 4 is 11.7 Å². The number of anilines is 1. The number of hydrogen-bond acceptors (Lipinski definition) is 3. The maximum atomic E-state index is 13.8. The molecule has 2 amide bonds. The van der Waals surface area contributed by atoms with Crippen LogP contribution >= 0.6 is 0 Å². The number of aryl methyl sites for hydroxylation is 1. The Balaban J connectivity index is 1.60. The third-order valence-corrected chi connectivity index (χ3v) is 6.34. The van der Waals surface area contributed by atoms with Gasteiger partial charge in [-0.15, -0.1) is 0 Å². The van der Waals surface area contributed by atoms with Crippen LogP contribution in [0.3, 0.4) is 0 Å². The standard InChI is InChI=1S/C28H27N3O3/c1-19-9-4-6-11-22(19)27-24-13-8-16-30(24)23-12-7-5-10-20(23)18-31(27)28(32)29-21-14-15-25(33-2)26(17-21)34-3/h4-17,27H,18H2,1-3H3,(H,29,32)/t27-/m0/s1. The Bertz CT molecular complexity index is 1340. The molecule has 0 aliphatic carbocycles.